The lowest BCUT2D eigenvalue weighted by Crippen LogP contribution is -2.46. The van der Waals surface area contributed by atoms with Crippen LogP contribution in [0.3, 0.4) is 0 Å². The molecule has 1 N–H and O–H groups in total. The van der Waals surface area contributed by atoms with Crippen molar-refractivity contribution in [3.8, 4) is 0 Å². The Labute approximate surface area is 163 Å². The van der Waals surface area contributed by atoms with Gasteiger partial charge < -0.3 is 5.32 Å². The minimum atomic E-state index is -3.91. The quantitative estimate of drug-likeness (QED) is 0.715. The summed E-state index contributed by atoms with van der Waals surface area (Å²) in [5, 5.41) is 3.23. The maximum atomic E-state index is 13.3. The molecule has 0 spiro atoms. The zero-order valence-corrected chi connectivity index (χ0v) is 17.8. The highest BCUT2D eigenvalue weighted by Crippen LogP contribution is 2.29. The van der Waals surface area contributed by atoms with Crippen molar-refractivity contribution in [2.45, 2.75) is 42.0 Å². The first kappa shape index (κ1) is 23.3. The minimum absolute atomic E-state index is 0. The molecule has 10 heteroatoms. The third kappa shape index (κ3) is 4.76. The van der Waals surface area contributed by atoms with Crippen LogP contribution < -0.4 is 5.32 Å². The Morgan fingerprint density at radius 3 is 1.96 bits per heavy atom. The van der Waals surface area contributed by atoms with Crippen LogP contribution in [0.1, 0.15) is 26.2 Å². The first-order valence-electron chi connectivity index (χ1n) is 8.47. The molecule has 1 aromatic rings. The summed E-state index contributed by atoms with van der Waals surface area (Å²) in [5.41, 5.74) is 0. The van der Waals surface area contributed by atoms with Gasteiger partial charge in [-0.05, 0) is 44.5 Å². The Hall–Kier alpha value is -0.710. The zero-order chi connectivity index (χ0) is 18.7. The molecule has 0 unspecified atom stereocenters. The number of rotatable bonds is 7. The molecule has 0 amide bonds. The summed E-state index contributed by atoms with van der Waals surface area (Å²) in [6.07, 6.45) is 2.12. The number of piperidine rings is 1. The summed E-state index contributed by atoms with van der Waals surface area (Å²) >= 11 is 0. The number of sulfonamides is 2. The Morgan fingerprint density at radius 1 is 1.00 bits per heavy atom. The Morgan fingerprint density at radius 2 is 1.50 bits per heavy atom. The van der Waals surface area contributed by atoms with E-state index < -0.39 is 20.0 Å². The molecule has 26 heavy (non-hydrogen) atoms. The van der Waals surface area contributed by atoms with Gasteiger partial charge in [-0.15, -0.1) is 12.4 Å². The standard InChI is InChI=1S/C16H27N3O4S2.ClH/c1-4-13-19(14-9-11-17-12-10-14)25(22,23)16-8-6-5-7-15(16)24(20,21)18(2)3;/h5-8,14,17H,4,9-13H2,1-3H3;1H. The Kier molecular flexibility index (Phi) is 8.50. The van der Waals surface area contributed by atoms with E-state index in [-0.39, 0.29) is 28.2 Å². The molecule has 0 saturated carbocycles. The van der Waals surface area contributed by atoms with Gasteiger partial charge in [0.05, 0.1) is 0 Å². The van der Waals surface area contributed by atoms with E-state index in [0.29, 0.717) is 13.0 Å². The van der Waals surface area contributed by atoms with Crippen LogP contribution in [0.15, 0.2) is 34.1 Å². The molecule has 1 aliphatic rings. The number of nitrogens with one attached hydrogen (secondary N) is 1. The van der Waals surface area contributed by atoms with Crippen LogP contribution in [0.5, 0.6) is 0 Å². The van der Waals surface area contributed by atoms with Gasteiger partial charge in [0.1, 0.15) is 9.79 Å². The molecule has 0 bridgehead atoms. The van der Waals surface area contributed by atoms with Gasteiger partial charge >= 0.3 is 0 Å². The van der Waals surface area contributed by atoms with Crippen LogP contribution >= 0.6 is 12.4 Å². The summed E-state index contributed by atoms with van der Waals surface area (Å²) in [6, 6.07) is 5.74. The molecule has 150 valence electrons. The third-order valence-electron chi connectivity index (χ3n) is 4.35. The number of halogens is 1. The van der Waals surface area contributed by atoms with Gasteiger partial charge in [0.2, 0.25) is 20.0 Å². The second kappa shape index (κ2) is 9.48. The van der Waals surface area contributed by atoms with Crippen LogP contribution in [0.4, 0.5) is 0 Å². The van der Waals surface area contributed by atoms with Crippen LogP contribution in [0.25, 0.3) is 0 Å². The molecule has 1 fully saturated rings. The molecule has 0 radical (unpaired) electrons. The molecule has 1 saturated heterocycles. The molecule has 1 heterocycles. The van der Waals surface area contributed by atoms with Crippen molar-refractivity contribution in [1.29, 1.82) is 0 Å². The molecule has 2 rings (SSSR count). The summed E-state index contributed by atoms with van der Waals surface area (Å²) in [6.45, 7) is 3.82. The lowest BCUT2D eigenvalue weighted by Gasteiger charge is -2.34. The fourth-order valence-corrected chi connectivity index (χ4v) is 6.46. The van der Waals surface area contributed by atoms with E-state index in [4.69, 9.17) is 0 Å². The number of nitrogens with zero attached hydrogens (tertiary/aromatic N) is 2. The first-order chi connectivity index (χ1) is 11.7. The van der Waals surface area contributed by atoms with Crippen molar-refractivity contribution in [3.63, 3.8) is 0 Å². The molecule has 0 aliphatic carbocycles. The van der Waals surface area contributed by atoms with Gasteiger partial charge in [-0.3, -0.25) is 0 Å². The first-order valence-corrected chi connectivity index (χ1v) is 11.3. The highest BCUT2D eigenvalue weighted by Gasteiger charge is 2.35. The molecule has 7 nitrogen and oxygen atoms in total. The predicted octanol–water partition coefficient (Wildman–Crippen LogP) is 1.51. The largest absolute Gasteiger partial charge is 0.317 e. The smallest absolute Gasteiger partial charge is 0.244 e. The second-order valence-corrected chi connectivity index (χ2v) is 10.3. The van der Waals surface area contributed by atoms with E-state index in [9.17, 15) is 16.8 Å². The number of benzene rings is 1. The van der Waals surface area contributed by atoms with Crippen molar-refractivity contribution in [3.05, 3.63) is 24.3 Å². The van der Waals surface area contributed by atoms with E-state index in [0.717, 1.165) is 30.2 Å². The van der Waals surface area contributed by atoms with Crippen LogP contribution in [-0.4, -0.2) is 65.2 Å². The molecule has 1 aliphatic heterocycles. The van der Waals surface area contributed by atoms with E-state index in [1.807, 2.05) is 6.92 Å². The maximum absolute atomic E-state index is 13.3. The maximum Gasteiger partial charge on any atom is 0.244 e. The van der Waals surface area contributed by atoms with Crippen molar-refractivity contribution < 1.29 is 16.8 Å². The van der Waals surface area contributed by atoms with Gasteiger partial charge in [-0.25, -0.2) is 21.1 Å². The lowest BCUT2D eigenvalue weighted by atomic mass is 10.1. The van der Waals surface area contributed by atoms with Gasteiger partial charge in [-0.1, -0.05) is 19.1 Å². The molecule has 1 aromatic carbocycles. The van der Waals surface area contributed by atoms with Crippen molar-refractivity contribution in [2.24, 2.45) is 0 Å². The predicted molar refractivity (Wildman–Crippen MR) is 105 cm³/mol. The van der Waals surface area contributed by atoms with E-state index in [1.165, 1.54) is 30.5 Å². The number of hydrogen-bond donors (Lipinski definition) is 1. The van der Waals surface area contributed by atoms with Crippen molar-refractivity contribution in [2.75, 3.05) is 33.7 Å². The average Bonchev–Trinajstić information content (AvgIpc) is 2.60. The summed E-state index contributed by atoms with van der Waals surface area (Å²) in [7, 11) is -4.97. The van der Waals surface area contributed by atoms with Crippen molar-refractivity contribution >= 4 is 32.5 Å². The van der Waals surface area contributed by atoms with Crippen LogP contribution in [0.2, 0.25) is 0 Å². The molecule has 0 aromatic heterocycles. The lowest BCUT2D eigenvalue weighted by molar-refractivity contribution is 0.262. The SMILES string of the molecule is CCCN(C1CCNCC1)S(=O)(=O)c1ccccc1S(=O)(=O)N(C)C.Cl. The highest BCUT2D eigenvalue weighted by molar-refractivity contribution is 7.92. The fraction of sp³-hybridized carbons (Fsp3) is 0.625. The van der Waals surface area contributed by atoms with E-state index >= 15 is 0 Å². The van der Waals surface area contributed by atoms with Gasteiger partial charge in [0, 0.05) is 26.7 Å². The number of hydrogen-bond acceptors (Lipinski definition) is 5. The molecule has 0 atom stereocenters. The highest BCUT2D eigenvalue weighted by atomic mass is 35.5. The van der Waals surface area contributed by atoms with Crippen LogP contribution in [-0.2, 0) is 20.0 Å². The zero-order valence-electron chi connectivity index (χ0n) is 15.4. The van der Waals surface area contributed by atoms with E-state index in [2.05, 4.69) is 5.32 Å². The summed E-state index contributed by atoms with van der Waals surface area (Å²) in [5.74, 6) is 0. The molecular formula is C16H28ClN3O4S2. The molecular weight excluding hydrogens is 398 g/mol. The minimum Gasteiger partial charge on any atom is -0.317 e. The average molecular weight is 426 g/mol. The third-order valence-corrected chi connectivity index (χ3v) is 8.37. The van der Waals surface area contributed by atoms with Gasteiger partial charge in [0.15, 0.2) is 0 Å². The second-order valence-electron chi connectivity index (χ2n) is 6.33. The van der Waals surface area contributed by atoms with Crippen molar-refractivity contribution in [1.82, 2.24) is 13.9 Å². The fourth-order valence-electron chi connectivity index (χ4n) is 3.01. The normalized spacial score (nSPS) is 16.7. The van der Waals surface area contributed by atoms with Crippen LogP contribution in [0, 0.1) is 0 Å². The summed E-state index contributed by atoms with van der Waals surface area (Å²) in [4.78, 5) is -0.314. The van der Waals surface area contributed by atoms with Gasteiger partial charge in [0.25, 0.3) is 0 Å². The Bertz CT molecular complexity index is 791. The topological polar surface area (TPSA) is 86.8 Å². The Balaban J connectivity index is 0.00000338. The monoisotopic (exact) mass is 425 g/mol. The van der Waals surface area contributed by atoms with Gasteiger partial charge in [-0.2, -0.15) is 4.31 Å². The van der Waals surface area contributed by atoms with E-state index in [1.54, 1.807) is 12.1 Å². The summed E-state index contributed by atoms with van der Waals surface area (Å²) < 4.78 is 54.4.